The summed E-state index contributed by atoms with van der Waals surface area (Å²) in [5, 5.41) is 7.13. The molecule has 0 saturated carbocycles. The van der Waals surface area contributed by atoms with Crippen LogP contribution in [0.4, 0.5) is 18.9 Å². The summed E-state index contributed by atoms with van der Waals surface area (Å²) >= 11 is 1.57. The number of anilines is 1. The monoisotopic (exact) mass is 271 g/mol. The van der Waals surface area contributed by atoms with Crippen molar-refractivity contribution in [2.75, 3.05) is 5.32 Å². The molecule has 2 aromatic rings. The van der Waals surface area contributed by atoms with E-state index in [0.717, 1.165) is 23.4 Å². The number of benzene rings is 1. The third-order valence-electron chi connectivity index (χ3n) is 2.64. The molecule has 1 aromatic heterocycles. The molecule has 1 aromatic carbocycles. The zero-order valence-corrected chi connectivity index (χ0v) is 10.5. The van der Waals surface area contributed by atoms with Gasteiger partial charge in [-0.05, 0) is 36.1 Å². The Bertz CT molecular complexity index is 488. The van der Waals surface area contributed by atoms with Gasteiger partial charge < -0.3 is 5.32 Å². The van der Waals surface area contributed by atoms with Gasteiger partial charge in [-0.2, -0.15) is 24.5 Å². The molecule has 5 heteroatoms. The molecule has 96 valence electrons. The quantitative estimate of drug-likeness (QED) is 0.833. The molecule has 0 fully saturated rings. The Morgan fingerprint density at radius 1 is 1.11 bits per heavy atom. The molecule has 1 atom stereocenters. The van der Waals surface area contributed by atoms with Gasteiger partial charge in [0.05, 0.1) is 5.56 Å². The van der Waals surface area contributed by atoms with E-state index in [4.69, 9.17) is 0 Å². The van der Waals surface area contributed by atoms with Crippen molar-refractivity contribution >= 4 is 17.0 Å². The molecule has 0 bridgehead atoms. The van der Waals surface area contributed by atoms with Crippen LogP contribution in [0.15, 0.2) is 41.1 Å². The molecule has 0 radical (unpaired) electrons. The number of hydrogen-bond donors (Lipinski definition) is 1. The van der Waals surface area contributed by atoms with Crippen molar-refractivity contribution in [3.8, 4) is 0 Å². The van der Waals surface area contributed by atoms with Crippen molar-refractivity contribution < 1.29 is 13.2 Å². The molecule has 1 unspecified atom stereocenters. The number of alkyl halides is 3. The Balaban J connectivity index is 2.10. The van der Waals surface area contributed by atoms with Gasteiger partial charge in [-0.1, -0.05) is 12.1 Å². The van der Waals surface area contributed by atoms with E-state index < -0.39 is 11.7 Å². The van der Waals surface area contributed by atoms with Crippen LogP contribution in [0.1, 0.15) is 24.1 Å². The highest BCUT2D eigenvalue weighted by atomic mass is 32.1. The van der Waals surface area contributed by atoms with E-state index in [1.807, 2.05) is 23.8 Å². The van der Waals surface area contributed by atoms with Crippen LogP contribution in [0.3, 0.4) is 0 Å². The lowest BCUT2D eigenvalue weighted by Gasteiger charge is -2.15. The summed E-state index contributed by atoms with van der Waals surface area (Å²) in [5.74, 6) is 0. The van der Waals surface area contributed by atoms with E-state index in [2.05, 4.69) is 5.32 Å². The van der Waals surface area contributed by atoms with Crippen molar-refractivity contribution in [2.45, 2.75) is 19.1 Å². The van der Waals surface area contributed by atoms with Gasteiger partial charge in [-0.15, -0.1) is 0 Å². The summed E-state index contributed by atoms with van der Waals surface area (Å²) in [6.45, 7) is 1.92. The Kier molecular flexibility index (Phi) is 3.61. The first-order chi connectivity index (χ1) is 8.47. The van der Waals surface area contributed by atoms with Crippen molar-refractivity contribution in [1.29, 1.82) is 0 Å². The van der Waals surface area contributed by atoms with Gasteiger partial charge in [-0.3, -0.25) is 0 Å². The summed E-state index contributed by atoms with van der Waals surface area (Å²) in [4.78, 5) is 0. The number of halogens is 3. The molecule has 0 saturated heterocycles. The van der Waals surface area contributed by atoms with Crippen LogP contribution in [0, 0.1) is 0 Å². The average molecular weight is 271 g/mol. The summed E-state index contributed by atoms with van der Waals surface area (Å²) < 4.78 is 37.2. The molecule has 1 heterocycles. The number of thiophene rings is 1. The zero-order chi connectivity index (χ0) is 13.2. The van der Waals surface area contributed by atoms with Crippen LogP contribution in [0.2, 0.25) is 0 Å². The summed E-state index contributed by atoms with van der Waals surface area (Å²) in [7, 11) is 0. The number of hydrogen-bond acceptors (Lipinski definition) is 2. The van der Waals surface area contributed by atoms with E-state index in [0.29, 0.717) is 0 Å². The van der Waals surface area contributed by atoms with Crippen LogP contribution in [-0.2, 0) is 6.18 Å². The van der Waals surface area contributed by atoms with Gasteiger partial charge in [0.15, 0.2) is 0 Å². The van der Waals surface area contributed by atoms with Crippen LogP contribution in [-0.4, -0.2) is 0 Å². The molecular formula is C13H12F3NS. The lowest BCUT2D eigenvalue weighted by molar-refractivity contribution is -0.137. The lowest BCUT2D eigenvalue weighted by Crippen LogP contribution is -2.08. The van der Waals surface area contributed by atoms with E-state index in [1.54, 1.807) is 11.3 Å². The minimum Gasteiger partial charge on any atom is -0.378 e. The maximum absolute atomic E-state index is 12.4. The van der Waals surface area contributed by atoms with Crippen LogP contribution in [0.5, 0.6) is 0 Å². The van der Waals surface area contributed by atoms with Gasteiger partial charge in [-0.25, -0.2) is 0 Å². The normalized spacial score (nSPS) is 13.3. The number of nitrogens with one attached hydrogen (secondary N) is 1. The van der Waals surface area contributed by atoms with Crippen LogP contribution >= 0.6 is 11.3 Å². The third-order valence-corrected chi connectivity index (χ3v) is 3.33. The Labute approximate surface area is 107 Å². The van der Waals surface area contributed by atoms with Crippen molar-refractivity contribution in [3.05, 3.63) is 52.2 Å². The molecule has 0 aliphatic rings. The standard InChI is InChI=1S/C13H12F3NS/c1-9(17-12-6-7-18-8-12)10-2-4-11(5-3-10)13(14,15)16/h2-9,17H,1H3. The van der Waals surface area contributed by atoms with Gasteiger partial charge >= 0.3 is 6.18 Å². The summed E-state index contributed by atoms with van der Waals surface area (Å²) in [5.41, 5.74) is 1.19. The average Bonchev–Trinajstić information content (AvgIpc) is 2.81. The van der Waals surface area contributed by atoms with Gasteiger partial charge in [0, 0.05) is 17.1 Å². The molecule has 0 aliphatic carbocycles. The molecular weight excluding hydrogens is 259 g/mol. The molecule has 0 aliphatic heterocycles. The van der Waals surface area contributed by atoms with Crippen LogP contribution < -0.4 is 5.32 Å². The number of rotatable bonds is 3. The first-order valence-electron chi connectivity index (χ1n) is 5.43. The molecule has 0 amide bonds. The summed E-state index contributed by atoms with van der Waals surface area (Å²) in [6, 6.07) is 7.15. The fraction of sp³-hybridized carbons (Fsp3) is 0.231. The lowest BCUT2D eigenvalue weighted by atomic mass is 10.1. The van der Waals surface area contributed by atoms with Crippen LogP contribution in [0.25, 0.3) is 0 Å². The Morgan fingerprint density at radius 3 is 2.28 bits per heavy atom. The predicted molar refractivity (Wildman–Crippen MR) is 67.8 cm³/mol. The van der Waals surface area contributed by atoms with Gasteiger partial charge in [0.25, 0.3) is 0 Å². The predicted octanol–water partition coefficient (Wildman–Crippen LogP) is 4.94. The fourth-order valence-electron chi connectivity index (χ4n) is 1.64. The van der Waals surface area contributed by atoms with Crippen molar-refractivity contribution in [2.24, 2.45) is 0 Å². The Morgan fingerprint density at radius 2 is 1.78 bits per heavy atom. The highest BCUT2D eigenvalue weighted by Gasteiger charge is 2.30. The topological polar surface area (TPSA) is 12.0 Å². The molecule has 1 nitrogen and oxygen atoms in total. The second-order valence-corrected chi connectivity index (χ2v) is 4.78. The summed E-state index contributed by atoms with van der Waals surface area (Å²) in [6.07, 6.45) is -4.28. The van der Waals surface area contributed by atoms with Crippen molar-refractivity contribution in [3.63, 3.8) is 0 Å². The second kappa shape index (κ2) is 5.02. The van der Waals surface area contributed by atoms with Gasteiger partial charge in [0.2, 0.25) is 0 Å². The minimum absolute atomic E-state index is 0.0260. The highest BCUT2D eigenvalue weighted by molar-refractivity contribution is 7.08. The zero-order valence-electron chi connectivity index (χ0n) is 9.66. The second-order valence-electron chi connectivity index (χ2n) is 4.00. The van der Waals surface area contributed by atoms with Crippen molar-refractivity contribution in [1.82, 2.24) is 0 Å². The maximum Gasteiger partial charge on any atom is 0.416 e. The van der Waals surface area contributed by atoms with E-state index in [9.17, 15) is 13.2 Å². The molecule has 2 rings (SSSR count). The first-order valence-corrected chi connectivity index (χ1v) is 6.37. The fourth-order valence-corrected chi connectivity index (χ4v) is 2.24. The van der Waals surface area contributed by atoms with E-state index in [1.165, 1.54) is 12.1 Å². The minimum atomic E-state index is -4.28. The molecule has 0 spiro atoms. The highest BCUT2D eigenvalue weighted by Crippen LogP contribution is 2.30. The maximum atomic E-state index is 12.4. The first kappa shape index (κ1) is 13.0. The van der Waals surface area contributed by atoms with Gasteiger partial charge in [0.1, 0.15) is 0 Å². The smallest absolute Gasteiger partial charge is 0.378 e. The molecule has 18 heavy (non-hydrogen) atoms. The SMILES string of the molecule is CC(Nc1ccsc1)c1ccc(C(F)(F)F)cc1. The van der Waals surface area contributed by atoms with E-state index >= 15 is 0 Å². The molecule has 1 N–H and O–H groups in total. The van der Waals surface area contributed by atoms with E-state index in [-0.39, 0.29) is 6.04 Å². The largest absolute Gasteiger partial charge is 0.416 e. The third kappa shape index (κ3) is 3.04. The Hall–Kier alpha value is -1.49.